The van der Waals surface area contributed by atoms with E-state index in [1.54, 1.807) is 0 Å². The number of ether oxygens (including phenoxy) is 1. The van der Waals surface area contributed by atoms with Crippen LogP contribution in [0, 0.1) is 0 Å². The predicted molar refractivity (Wildman–Crippen MR) is 142 cm³/mol. The monoisotopic (exact) mass is 567 g/mol. The molecule has 0 spiro atoms. The minimum Gasteiger partial charge on any atom is -0.414 e. The van der Waals surface area contributed by atoms with Crippen LogP contribution >= 0.6 is 11.6 Å². The smallest absolute Gasteiger partial charge is 0.351 e. The van der Waals surface area contributed by atoms with E-state index in [9.17, 15) is 9.59 Å². The maximum Gasteiger partial charge on any atom is 0.351 e. The molecule has 206 valence electrons. The highest BCUT2D eigenvalue weighted by Gasteiger charge is 2.63. The Morgan fingerprint density at radius 2 is 1.72 bits per heavy atom. The quantitative estimate of drug-likeness (QED) is 0.335. The molecule has 8 nitrogen and oxygen atoms in total. The Bertz CT molecular complexity index is 1010. The first kappa shape index (κ1) is 31.0. The molecule has 0 bridgehead atoms. The van der Waals surface area contributed by atoms with Crippen LogP contribution in [-0.2, 0) is 18.4 Å². The summed E-state index contributed by atoms with van der Waals surface area (Å²) in [6, 6.07) is 1.24. The van der Waals surface area contributed by atoms with E-state index < -0.39 is 52.6 Å². The number of carbonyl (C=O) groups is 1. The fourth-order valence-electron chi connectivity index (χ4n) is 3.09. The SMILES string of the molecule is CC(C)(C)[Si](C)(C)OC[C@H]1O[C@@H](n2ccc(NC(=O)CCl)nc2=O)C(F)(F)[C@@H]1O[Si](C)(C)C(C)(C)C. The van der Waals surface area contributed by atoms with Crippen LogP contribution in [0.1, 0.15) is 47.8 Å². The van der Waals surface area contributed by atoms with Crippen molar-refractivity contribution >= 4 is 40.0 Å². The van der Waals surface area contributed by atoms with Crippen LogP contribution in [0.25, 0.3) is 0 Å². The van der Waals surface area contributed by atoms with Crippen LogP contribution in [0.5, 0.6) is 0 Å². The van der Waals surface area contributed by atoms with E-state index in [1.165, 1.54) is 6.07 Å². The Labute approximate surface area is 219 Å². The molecule has 1 aromatic rings. The Kier molecular flexibility index (Phi) is 9.07. The highest BCUT2D eigenvalue weighted by Crippen LogP contribution is 2.48. The number of rotatable bonds is 8. The first-order chi connectivity index (χ1) is 16.1. The Morgan fingerprint density at radius 3 is 2.19 bits per heavy atom. The summed E-state index contributed by atoms with van der Waals surface area (Å²) in [6.45, 7) is 19.8. The van der Waals surface area contributed by atoms with Gasteiger partial charge in [0.2, 0.25) is 12.1 Å². The molecule has 1 saturated heterocycles. The van der Waals surface area contributed by atoms with Crippen molar-refractivity contribution in [1.82, 2.24) is 9.55 Å². The molecule has 2 rings (SSSR count). The molecule has 13 heteroatoms. The molecule has 0 aromatic carbocycles. The van der Waals surface area contributed by atoms with Crippen molar-refractivity contribution in [3.05, 3.63) is 22.7 Å². The van der Waals surface area contributed by atoms with Crippen molar-refractivity contribution in [2.24, 2.45) is 0 Å². The lowest BCUT2D eigenvalue weighted by molar-refractivity contribution is -0.138. The van der Waals surface area contributed by atoms with Gasteiger partial charge in [0.05, 0.1) is 6.61 Å². The van der Waals surface area contributed by atoms with Crippen molar-refractivity contribution < 1.29 is 27.2 Å². The van der Waals surface area contributed by atoms with Gasteiger partial charge < -0.3 is 18.9 Å². The molecule has 0 aliphatic carbocycles. The van der Waals surface area contributed by atoms with Gasteiger partial charge in [0.25, 0.3) is 0 Å². The average molecular weight is 568 g/mol. The summed E-state index contributed by atoms with van der Waals surface area (Å²) in [5.74, 6) is -4.55. The zero-order chi connectivity index (χ0) is 27.9. The maximum absolute atomic E-state index is 16.0. The lowest BCUT2D eigenvalue weighted by atomic mass is 10.1. The molecule has 1 fully saturated rings. The molecule has 1 aromatic heterocycles. The third-order valence-corrected chi connectivity index (χ3v) is 16.7. The molecule has 0 unspecified atom stereocenters. The van der Waals surface area contributed by atoms with Crippen molar-refractivity contribution in [3.63, 3.8) is 0 Å². The Hall–Kier alpha value is -1.19. The number of nitrogens with zero attached hydrogens (tertiary/aromatic N) is 2. The molecule has 1 amide bonds. The van der Waals surface area contributed by atoms with Gasteiger partial charge in [-0.25, -0.2) is 4.79 Å². The van der Waals surface area contributed by atoms with Gasteiger partial charge in [0.15, 0.2) is 16.6 Å². The third kappa shape index (κ3) is 6.62. The molecule has 2 heterocycles. The van der Waals surface area contributed by atoms with Gasteiger partial charge in [-0.1, -0.05) is 41.5 Å². The third-order valence-electron chi connectivity index (χ3n) is 7.46. The number of halogens is 3. The lowest BCUT2D eigenvalue weighted by Crippen LogP contribution is -2.53. The van der Waals surface area contributed by atoms with Crippen LogP contribution in [0.2, 0.25) is 36.3 Å². The number of aromatic nitrogens is 2. The van der Waals surface area contributed by atoms with Crippen LogP contribution < -0.4 is 11.0 Å². The minimum atomic E-state index is -3.55. The summed E-state index contributed by atoms with van der Waals surface area (Å²) < 4.78 is 51.0. The van der Waals surface area contributed by atoms with Gasteiger partial charge in [-0.2, -0.15) is 13.8 Å². The lowest BCUT2D eigenvalue weighted by Gasteiger charge is -2.41. The van der Waals surface area contributed by atoms with Crippen LogP contribution in [0.4, 0.5) is 14.6 Å². The van der Waals surface area contributed by atoms with E-state index in [0.717, 1.165) is 10.8 Å². The van der Waals surface area contributed by atoms with E-state index in [4.69, 9.17) is 25.2 Å². The Morgan fingerprint density at radius 1 is 1.17 bits per heavy atom. The molecular weight excluding hydrogens is 528 g/mol. The van der Waals surface area contributed by atoms with Gasteiger partial charge in [0, 0.05) is 6.20 Å². The second-order valence-electron chi connectivity index (χ2n) is 12.3. The fraction of sp³-hybridized carbons (Fsp3) is 0.783. The van der Waals surface area contributed by atoms with Gasteiger partial charge >= 0.3 is 11.6 Å². The summed E-state index contributed by atoms with van der Waals surface area (Å²) in [4.78, 5) is 27.9. The first-order valence-corrected chi connectivity index (χ1v) is 18.3. The summed E-state index contributed by atoms with van der Waals surface area (Å²) in [7, 11) is -4.94. The number of alkyl halides is 3. The predicted octanol–water partition coefficient (Wildman–Crippen LogP) is 5.37. The van der Waals surface area contributed by atoms with E-state index in [2.05, 4.69) is 31.1 Å². The summed E-state index contributed by atoms with van der Waals surface area (Å²) in [5, 5.41) is 1.87. The van der Waals surface area contributed by atoms with E-state index in [-0.39, 0.29) is 28.4 Å². The van der Waals surface area contributed by atoms with Crippen molar-refractivity contribution in [3.8, 4) is 0 Å². The number of amides is 1. The molecule has 0 saturated carbocycles. The highest BCUT2D eigenvalue weighted by atomic mass is 35.5. The molecule has 0 radical (unpaired) electrons. The fourth-order valence-corrected chi connectivity index (χ4v) is 5.46. The van der Waals surface area contributed by atoms with Crippen molar-refractivity contribution in [2.75, 3.05) is 17.8 Å². The second kappa shape index (κ2) is 10.5. The van der Waals surface area contributed by atoms with E-state index in [1.807, 2.05) is 47.0 Å². The van der Waals surface area contributed by atoms with Crippen molar-refractivity contribution in [1.29, 1.82) is 0 Å². The number of carbonyl (C=O) groups excluding carboxylic acids is 1. The first-order valence-electron chi connectivity index (χ1n) is 11.9. The number of hydrogen-bond acceptors (Lipinski definition) is 6. The second-order valence-corrected chi connectivity index (χ2v) is 22.1. The highest BCUT2D eigenvalue weighted by molar-refractivity contribution is 6.74. The van der Waals surface area contributed by atoms with Crippen molar-refractivity contribution in [2.45, 2.75) is 102 Å². The Balaban J connectivity index is 2.45. The van der Waals surface area contributed by atoms with Crippen LogP contribution in [-0.4, -0.2) is 62.7 Å². The van der Waals surface area contributed by atoms with Gasteiger partial charge in [-0.15, -0.1) is 11.6 Å². The minimum absolute atomic E-state index is 0.0879. The molecule has 36 heavy (non-hydrogen) atoms. The van der Waals surface area contributed by atoms with Gasteiger partial charge in [-0.05, 0) is 42.3 Å². The average Bonchev–Trinajstić information content (AvgIpc) is 2.94. The molecule has 3 atom stereocenters. The topological polar surface area (TPSA) is 91.7 Å². The summed E-state index contributed by atoms with van der Waals surface area (Å²) in [5.41, 5.74) is -0.996. The van der Waals surface area contributed by atoms with E-state index in [0.29, 0.717) is 0 Å². The molecule has 1 aliphatic rings. The summed E-state index contributed by atoms with van der Waals surface area (Å²) in [6.07, 6.45) is -3.54. The van der Waals surface area contributed by atoms with Crippen LogP contribution in [0.15, 0.2) is 17.1 Å². The maximum atomic E-state index is 16.0. The van der Waals surface area contributed by atoms with Gasteiger partial charge in [0.1, 0.15) is 23.9 Å². The normalized spacial score (nSPS) is 23.1. The zero-order valence-corrected chi connectivity index (χ0v) is 25.6. The summed E-state index contributed by atoms with van der Waals surface area (Å²) >= 11 is 5.46. The van der Waals surface area contributed by atoms with Gasteiger partial charge in [-0.3, -0.25) is 9.36 Å². The van der Waals surface area contributed by atoms with Crippen LogP contribution in [0.3, 0.4) is 0 Å². The largest absolute Gasteiger partial charge is 0.414 e. The number of anilines is 1. The molecular formula is C23H40ClF2N3O5Si2. The van der Waals surface area contributed by atoms with E-state index >= 15 is 8.78 Å². The standard InChI is InChI=1S/C23H40ClF2N3O5Si2/c1-21(2,3)35(7,8)32-14-15-18(34-36(9,10)22(4,5)6)23(25,26)19(33-15)29-12-11-16(28-20(29)31)27-17(30)13-24/h11-12,15,18-19H,13-14H2,1-10H3,(H,27,28,30,31)/t15-,18-,19-/m1/s1. The molecule has 1 aliphatic heterocycles. The molecule has 1 N–H and O–H groups in total. The zero-order valence-electron chi connectivity index (χ0n) is 22.9. The number of nitrogens with one attached hydrogen (secondary N) is 1. The number of hydrogen-bond donors (Lipinski definition) is 1.